The van der Waals surface area contributed by atoms with Crippen molar-refractivity contribution >= 4 is 11.3 Å². The predicted molar refractivity (Wildman–Crippen MR) is 80.2 cm³/mol. The second-order valence-corrected chi connectivity index (χ2v) is 5.39. The van der Waals surface area contributed by atoms with Crippen molar-refractivity contribution in [2.75, 3.05) is 26.3 Å². The summed E-state index contributed by atoms with van der Waals surface area (Å²) in [5.41, 5.74) is 1.05. The molecule has 106 valence electrons. The highest BCUT2D eigenvalue weighted by Crippen LogP contribution is 2.18. The lowest BCUT2D eigenvalue weighted by molar-refractivity contribution is 0.189. The first-order chi connectivity index (χ1) is 9.31. The second-order valence-electron chi connectivity index (χ2n) is 4.39. The van der Waals surface area contributed by atoms with E-state index in [2.05, 4.69) is 29.0 Å². The van der Waals surface area contributed by atoms with E-state index < -0.39 is 0 Å². The molecule has 3 nitrogen and oxygen atoms in total. The normalized spacial score (nSPS) is 10.5. The van der Waals surface area contributed by atoms with E-state index in [-0.39, 0.29) is 13.2 Å². The number of hydrogen-bond donors (Lipinski definition) is 2. The summed E-state index contributed by atoms with van der Waals surface area (Å²) >= 11 is 1.71. The Labute approximate surface area is 119 Å². The van der Waals surface area contributed by atoms with Crippen LogP contribution in [0.25, 0.3) is 0 Å². The van der Waals surface area contributed by atoms with Crippen molar-refractivity contribution in [2.45, 2.75) is 32.7 Å². The second kappa shape index (κ2) is 9.99. The highest BCUT2D eigenvalue weighted by atomic mass is 32.1. The molecule has 0 atom stereocenters. The van der Waals surface area contributed by atoms with Gasteiger partial charge < -0.3 is 10.2 Å². The molecule has 0 amide bonds. The van der Waals surface area contributed by atoms with Gasteiger partial charge in [-0.2, -0.15) is 0 Å². The minimum Gasteiger partial charge on any atom is -0.395 e. The maximum Gasteiger partial charge on any atom is 0.0558 e. The molecular formula is C15H23NO2S. The topological polar surface area (TPSA) is 43.7 Å². The van der Waals surface area contributed by atoms with E-state index in [1.54, 1.807) is 11.3 Å². The molecule has 0 saturated heterocycles. The first-order valence-corrected chi connectivity index (χ1v) is 7.69. The van der Waals surface area contributed by atoms with Crippen LogP contribution in [-0.4, -0.2) is 41.4 Å². The molecule has 0 aliphatic rings. The summed E-state index contributed by atoms with van der Waals surface area (Å²) in [5.74, 6) is 6.07. The van der Waals surface area contributed by atoms with Crippen LogP contribution in [0.5, 0.6) is 0 Å². The molecule has 19 heavy (non-hydrogen) atoms. The average Bonchev–Trinajstić information content (AvgIpc) is 2.84. The molecule has 0 radical (unpaired) electrons. The van der Waals surface area contributed by atoms with Gasteiger partial charge >= 0.3 is 0 Å². The molecule has 0 aliphatic carbocycles. The molecule has 2 N–H and O–H groups in total. The molecule has 0 fully saturated rings. The monoisotopic (exact) mass is 281 g/mol. The van der Waals surface area contributed by atoms with Gasteiger partial charge in [-0.05, 0) is 24.4 Å². The van der Waals surface area contributed by atoms with E-state index in [1.807, 2.05) is 6.07 Å². The molecule has 0 aromatic carbocycles. The van der Waals surface area contributed by atoms with Gasteiger partial charge in [-0.3, -0.25) is 4.90 Å². The minimum atomic E-state index is 0.111. The van der Waals surface area contributed by atoms with Gasteiger partial charge in [-0.15, -0.1) is 11.3 Å². The first kappa shape index (κ1) is 16.2. The van der Waals surface area contributed by atoms with Crippen molar-refractivity contribution in [3.63, 3.8) is 0 Å². The van der Waals surface area contributed by atoms with Crippen molar-refractivity contribution in [3.05, 3.63) is 21.9 Å². The third-order valence-corrected chi connectivity index (χ3v) is 3.72. The van der Waals surface area contributed by atoms with Crippen LogP contribution in [0.15, 0.2) is 11.4 Å². The third kappa shape index (κ3) is 6.22. The van der Waals surface area contributed by atoms with E-state index in [0.29, 0.717) is 13.0 Å². The van der Waals surface area contributed by atoms with Gasteiger partial charge in [-0.1, -0.05) is 25.2 Å². The van der Waals surface area contributed by atoms with E-state index in [4.69, 9.17) is 10.2 Å². The maximum absolute atomic E-state index is 9.11. The van der Waals surface area contributed by atoms with Crippen LogP contribution in [0, 0.1) is 11.8 Å². The van der Waals surface area contributed by atoms with Gasteiger partial charge in [0.25, 0.3) is 0 Å². The van der Waals surface area contributed by atoms with Crippen LogP contribution in [0.2, 0.25) is 0 Å². The lowest BCUT2D eigenvalue weighted by atomic mass is 10.2. The molecule has 0 spiro atoms. The Balaban J connectivity index is 2.63. The van der Waals surface area contributed by atoms with Gasteiger partial charge in [0.05, 0.1) is 13.2 Å². The number of rotatable bonds is 8. The van der Waals surface area contributed by atoms with E-state index in [1.165, 1.54) is 4.88 Å². The summed E-state index contributed by atoms with van der Waals surface area (Å²) in [6, 6.07) is 2.03. The van der Waals surface area contributed by atoms with Crippen molar-refractivity contribution < 1.29 is 10.2 Å². The minimum absolute atomic E-state index is 0.111. The van der Waals surface area contributed by atoms with Crippen molar-refractivity contribution in [3.8, 4) is 11.8 Å². The molecule has 0 saturated carbocycles. The smallest absolute Gasteiger partial charge is 0.0558 e. The summed E-state index contributed by atoms with van der Waals surface area (Å²) in [5, 5.41) is 19.9. The fraction of sp³-hybridized carbons (Fsp3) is 0.600. The number of thiophene rings is 1. The van der Waals surface area contributed by atoms with Crippen molar-refractivity contribution in [2.24, 2.45) is 0 Å². The molecule has 0 unspecified atom stereocenters. The van der Waals surface area contributed by atoms with Gasteiger partial charge in [0.15, 0.2) is 0 Å². The Hall–Kier alpha value is -0.860. The fourth-order valence-electron chi connectivity index (χ4n) is 1.78. The van der Waals surface area contributed by atoms with E-state index in [9.17, 15) is 0 Å². The SMILES string of the molecule is CCCCN(CCO)Cc1sccc1C#CCCO. The number of aliphatic hydroxyl groups excluding tert-OH is 2. The standard InChI is InChI=1S/C15H23NO2S/c1-2-3-8-16(9-11-18)13-15-14(7-12-19-15)6-4-5-10-17/h7,12,17-18H,2-3,5,8-11,13H2,1H3. The maximum atomic E-state index is 9.11. The Morgan fingerprint density at radius 3 is 2.79 bits per heavy atom. The van der Waals surface area contributed by atoms with E-state index in [0.717, 1.165) is 31.5 Å². The van der Waals surface area contributed by atoms with E-state index >= 15 is 0 Å². The fourth-order valence-corrected chi connectivity index (χ4v) is 2.66. The van der Waals surface area contributed by atoms with Gasteiger partial charge in [-0.25, -0.2) is 0 Å². The Bertz CT molecular complexity index is 406. The highest BCUT2D eigenvalue weighted by Gasteiger charge is 2.09. The number of hydrogen-bond acceptors (Lipinski definition) is 4. The molecule has 0 aliphatic heterocycles. The largest absolute Gasteiger partial charge is 0.395 e. The number of aliphatic hydroxyl groups is 2. The number of nitrogens with zero attached hydrogens (tertiary/aromatic N) is 1. The van der Waals surface area contributed by atoms with Crippen molar-refractivity contribution in [1.82, 2.24) is 4.90 Å². The zero-order valence-corrected chi connectivity index (χ0v) is 12.4. The molecule has 1 rings (SSSR count). The predicted octanol–water partition coefficient (Wildman–Crippen LogP) is 2.08. The van der Waals surface area contributed by atoms with Crippen LogP contribution >= 0.6 is 11.3 Å². The zero-order chi connectivity index (χ0) is 13.9. The van der Waals surface area contributed by atoms with Crippen LogP contribution in [0.4, 0.5) is 0 Å². The zero-order valence-electron chi connectivity index (χ0n) is 11.6. The summed E-state index contributed by atoms with van der Waals surface area (Å²) in [6.45, 7) is 5.05. The summed E-state index contributed by atoms with van der Waals surface area (Å²) in [7, 11) is 0. The highest BCUT2D eigenvalue weighted by molar-refractivity contribution is 7.10. The van der Waals surface area contributed by atoms with Crippen molar-refractivity contribution in [1.29, 1.82) is 0 Å². The molecule has 1 aromatic heterocycles. The van der Waals surface area contributed by atoms with Gasteiger partial charge in [0.1, 0.15) is 0 Å². The molecule has 1 heterocycles. The molecule has 1 aromatic rings. The molecule has 4 heteroatoms. The summed E-state index contributed by atoms with van der Waals surface area (Å²) < 4.78 is 0. The Morgan fingerprint density at radius 1 is 1.26 bits per heavy atom. The van der Waals surface area contributed by atoms with Crippen LogP contribution in [0.3, 0.4) is 0 Å². The van der Waals surface area contributed by atoms with Gasteiger partial charge in [0.2, 0.25) is 0 Å². The summed E-state index contributed by atoms with van der Waals surface area (Å²) in [4.78, 5) is 3.52. The quantitative estimate of drug-likeness (QED) is 0.717. The van der Waals surface area contributed by atoms with Gasteiger partial charge in [0, 0.05) is 30.0 Å². The summed E-state index contributed by atoms with van der Waals surface area (Å²) in [6.07, 6.45) is 2.83. The first-order valence-electron chi connectivity index (χ1n) is 6.81. The van der Waals surface area contributed by atoms with Crippen LogP contribution in [-0.2, 0) is 6.54 Å². The number of unbranched alkanes of at least 4 members (excludes halogenated alkanes) is 1. The van der Waals surface area contributed by atoms with Crippen LogP contribution in [0.1, 0.15) is 36.6 Å². The molecule has 0 bridgehead atoms. The average molecular weight is 281 g/mol. The molecular weight excluding hydrogens is 258 g/mol. The third-order valence-electron chi connectivity index (χ3n) is 2.82. The van der Waals surface area contributed by atoms with Crippen LogP contribution < -0.4 is 0 Å². The Morgan fingerprint density at radius 2 is 2.11 bits per heavy atom. The lowest BCUT2D eigenvalue weighted by Gasteiger charge is -2.20. The lowest BCUT2D eigenvalue weighted by Crippen LogP contribution is -2.27. The Kier molecular flexibility index (Phi) is 8.52.